The predicted octanol–water partition coefficient (Wildman–Crippen LogP) is 5.72. The molecule has 146 valence electrons. The van der Waals surface area contributed by atoms with E-state index in [0.29, 0.717) is 17.7 Å². The fourth-order valence-corrected chi connectivity index (χ4v) is 5.61. The second-order valence-electron chi connectivity index (χ2n) is 7.53. The van der Waals surface area contributed by atoms with Crippen molar-refractivity contribution in [2.45, 2.75) is 18.3 Å². The molecule has 4 aromatic rings. The highest BCUT2D eigenvalue weighted by Gasteiger charge is 2.50. The summed E-state index contributed by atoms with van der Waals surface area (Å²) in [7, 11) is 0. The smallest absolute Gasteiger partial charge is 0.256 e. The van der Waals surface area contributed by atoms with Crippen LogP contribution in [0.3, 0.4) is 0 Å². The van der Waals surface area contributed by atoms with E-state index in [-0.39, 0.29) is 5.91 Å². The largest absolute Gasteiger partial charge is 0.332 e. The number of carbonyl (C=O) groups is 1. The maximum Gasteiger partial charge on any atom is 0.256 e. The molecule has 6 rings (SSSR count). The van der Waals surface area contributed by atoms with Crippen molar-refractivity contribution in [2.24, 2.45) is 0 Å². The van der Waals surface area contributed by atoms with Crippen LogP contribution in [0.4, 0.5) is 0 Å². The van der Waals surface area contributed by atoms with Gasteiger partial charge in [0.15, 0.2) is 11.8 Å². The lowest BCUT2D eigenvalue weighted by Gasteiger charge is -2.37. The second kappa shape index (κ2) is 6.66. The topological polar surface area (TPSA) is 29.5 Å². The molecule has 0 N–H and O–H groups in total. The second-order valence-corrected chi connectivity index (χ2v) is 8.45. The molecule has 1 atom stereocenters. The summed E-state index contributed by atoms with van der Waals surface area (Å²) < 4.78 is 16.5. The highest BCUT2D eigenvalue weighted by molar-refractivity contribution is 7.10. The van der Waals surface area contributed by atoms with Crippen LogP contribution in [0.25, 0.3) is 0 Å². The molecule has 1 amide bonds. The minimum Gasteiger partial charge on any atom is -0.332 e. The van der Waals surface area contributed by atoms with Crippen molar-refractivity contribution in [1.82, 2.24) is 4.90 Å². The highest BCUT2D eigenvalue weighted by atomic mass is 32.1. The summed E-state index contributed by atoms with van der Waals surface area (Å²) in [6.45, 7) is 0.331. The van der Waals surface area contributed by atoms with Crippen molar-refractivity contribution >= 4 is 17.2 Å². The molecule has 2 aliphatic rings. The van der Waals surface area contributed by atoms with Crippen molar-refractivity contribution in [3.8, 4) is 0 Å². The summed E-state index contributed by atoms with van der Waals surface area (Å²) in [6, 6.07) is 29.4. The van der Waals surface area contributed by atoms with Gasteiger partial charge in [-0.3, -0.25) is 4.79 Å². The summed E-state index contributed by atoms with van der Waals surface area (Å²) in [5.74, 6) is -0.167. The van der Waals surface area contributed by atoms with Gasteiger partial charge in [0.2, 0.25) is 0 Å². The third-order valence-corrected chi connectivity index (χ3v) is 6.94. The van der Waals surface area contributed by atoms with Gasteiger partial charge in [0, 0.05) is 11.1 Å². The minimum atomic E-state index is -1.64. The Morgan fingerprint density at radius 1 is 0.900 bits per heavy atom. The van der Waals surface area contributed by atoms with Crippen LogP contribution in [0.1, 0.15) is 45.1 Å². The first kappa shape index (κ1) is 16.6. The zero-order chi connectivity index (χ0) is 21.1. The summed E-state index contributed by atoms with van der Waals surface area (Å²) in [4.78, 5) is 15.9. The summed E-state index contributed by atoms with van der Waals surface area (Å²) in [5, 5.41) is 2.04. The van der Waals surface area contributed by atoms with E-state index < -0.39 is 11.8 Å². The molecule has 0 saturated heterocycles. The van der Waals surface area contributed by atoms with Crippen LogP contribution >= 0.6 is 11.3 Å². The lowest BCUT2D eigenvalue weighted by Crippen LogP contribution is -2.35. The van der Waals surface area contributed by atoms with Crippen LogP contribution < -0.4 is 0 Å². The van der Waals surface area contributed by atoms with Gasteiger partial charge in [-0.25, -0.2) is 0 Å². The van der Waals surface area contributed by atoms with Crippen molar-refractivity contribution in [2.75, 3.05) is 0 Å². The van der Waals surface area contributed by atoms with Gasteiger partial charge in [-0.1, -0.05) is 78.9 Å². The molecule has 0 bridgehead atoms. The van der Waals surface area contributed by atoms with E-state index >= 15 is 0 Å². The summed E-state index contributed by atoms with van der Waals surface area (Å²) in [6.07, 6.45) is -1.64. The van der Waals surface area contributed by atoms with E-state index in [0.717, 1.165) is 21.6 Å². The van der Waals surface area contributed by atoms with E-state index in [9.17, 15) is 6.17 Å². The molecule has 0 saturated carbocycles. The van der Waals surface area contributed by atoms with Gasteiger partial charge in [-0.2, -0.15) is 0 Å². The molecular weight excluding hydrogens is 390 g/mol. The molecule has 3 heterocycles. The predicted molar refractivity (Wildman–Crippen MR) is 117 cm³/mol. The molecule has 1 unspecified atom stereocenters. The number of rotatable bonds is 2. The lowest BCUT2D eigenvalue weighted by molar-refractivity contribution is -0.102. The Morgan fingerprint density at radius 3 is 2.23 bits per heavy atom. The maximum atomic E-state index is 13.3. The molecule has 1 aromatic heterocycles. The Labute approximate surface area is 180 Å². The molecule has 0 aliphatic carbocycles. The average molecular weight is 411 g/mol. The molecule has 3 nitrogen and oxygen atoms in total. The van der Waals surface area contributed by atoms with Crippen LogP contribution in [-0.4, -0.2) is 10.8 Å². The maximum absolute atomic E-state index is 13.3. The van der Waals surface area contributed by atoms with Gasteiger partial charge in [0.25, 0.3) is 5.91 Å². The van der Waals surface area contributed by atoms with Gasteiger partial charge in [-0.05, 0) is 34.2 Å². The van der Waals surface area contributed by atoms with E-state index in [2.05, 4.69) is 0 Å². The molecule has 4 heteroatoms. The molecule has 2 aliphatic heterocycles. The van der Waals surface area contributed by atoms with E-state index in [1.54, 1.807) is 22.3 Å². The van der Waals surface area contributed by atoms with Gasteiger partial charge < -0.3 is 9.64 Å². The fourth-order valence-electron chi connectivity index (χ4n) is 4.52. The fraction of sp³-hybridized carbons (Fsp3) is 0.115. The molecule has 3 aromatic carbocycles. The zero-order valence-electron chi connectivity index (χ0n) is 17.1. The van der Waals surface area contributed by atoms with Crippen molar-refractivity contribution in [1.29, 1.82) is 0 Å². The molecule has 0 spiro atoms. The number of amides is 1. The third kappa shape index (κ3) is 2.38. The van der Waals surface area contributed by atoms with Gasteiger partial charge in [0.05, 0.1) is 12.8 Å². The SMILES string of the molecule is [2H]C12OC(c3ccccc3)(c3ccccc3)c3sccc3CN1C(=O)c1ccccc12. The Kier molecular flexibility index (Phi) is 3.68. The first-order chi connectivity index (χ1) is 15.1. The number of hydrogen-bond donors (Lipinski definition) is 0. The number of benzene rings is 3. The average Bonchev–Trinajstić information content (AvgIpc) is 3.34. The third-order valence-electron chi connectivity index (χ3n) is 5.88. The van der Waals surface area contributed by atoms with E-state index in [4.69, 9.17) is 4.74 Å². The first-order valence-electron chi connectivity index (χ1n) is 10.4. The Morgan fingerprint density at radius 2 is 1.53 bits per heavy atom. The van der Waals surface area contributed by atoms with Crippen molar-refractivity contribution < 1.29 is 10.9 Å². The first-order valence-corrected chi connectivity index (χ1v) is 10.8. The monoisotopic (exact) mass is 410 g/mol. The number of nitrogens with zero attached hydrogens (tertiary/aromatic N) is 1. The van der Waals surface area contributed by atoms with E-state index in [1.807, 2.05) is 90.3 Å². The Bertz CT molecular complexity index is 1250. The Hall–Kier alpha value is -3.21. The van der Waals surface area contributed by atoms with Crippen LogP contribution in [-0.2, 0) is 16.9 Å². The van der Waals surface area contributed by atoms with Crippen LogP contribution in [0.5, 0.6) is 0 Å². The standard InChI is InChI=1S/C26H19NO2S/c28-24-21-13-7-8-14-22(21)25-27(24)17-18-15-16-30-23(18)26(29-25,19-9-3-1-4-10-19)20-11-5-2-6-12-20/h1-16,25H,17H2/i25D. The number of thiophene rings is 1. The molecule has 0 fully saturated rings. The van der Waals surface area contributed by atoms with Gasteiger partial charge in [0.1, 0.15) is 0 Å². The van der Waals surface area contributed by atoms with Crippen molar-refractivity contribution in [3.63, 3.8) is 0 Å². The molecule has 30 heavy (non-hydrogen) atoms. The zero-order valence-corrected chi connectivity index (χ0v) is 16.9. The van der Waals surface area contributed by atoms with E-state index in [1.165, 1.54) is 0 Å². The number of carbonyl (C=O) groups excluding carboxylic acids is 1. The number of hydrogen-bond acceptors (Lipinski definition) is 3. The number of ether oxygens (including phenoxy) is 1. The quantitative estimate of drug-likeness (QED) is 0.423. The highest BCUT2D eigenvalue weighted by Crippen LogP contribution is 2.52. The molecule has 0 radical (unpaired) electrons. The summed E-state index contributed by atoms with van der Waals surface area (Å²) >= 11 is 1.61. The van der Waals surface area contributed by atoms with Crippen molar-refractivity contribution in [3.05, 3.63) is 129 Å². The van der Waals surface area contributed by atoms with Crippen LogP contribution in [0.15, 0.2) is 96.4 Å². The molecular formula is C26H19NO2S. The van der Waals surface area contributed by atoms with Crippen LogP contribution in [0.2, 0.25) is 0 Å². The lowest BCUT2D eigenvalue weighted by atomic mass is 9.83. The van der Waals surface area contributed by atoms with Gasteiger partial charge >= 0.3 is 0 Å². The number of fused-ring (bicyclic) bond motifs is 4. The normalized spacial score (nSPS) is 21.9. The summed E-state index contributed by atoms with van der Waals surface area (Å²) in [5.41, 5.74) is 3.00. The van der Waals surface area contributed by atoms with Crippen LogP contribution in [0, 0.1) is 0 Å². The minimum absolute atomic E-state index is 0.167. The Balaban J connectivity index is 1.70. The van der Waals surface area contributed by atoms with Gasteiger partial charge in [-0.15, -0.1) is 11.3 Å².